The highest BCUT2D eigenvalue weighted by molar-refractivity contribution is 5.96. The molecule has 8 nitrogen and oxygen atoms in total. The van der Waals surface area contributed by atoms with Crippen LogP contribution < -0.4 is 19.5 Å². The molecule has 55 heavy (non-hydrogen) atoms. The average molecular weight is 778 g/mol. The second-order valence-electron chi connectivity index (χ2n) is 16.1. The molecule has 0 radical (unpaired) electrons. The molecule has 1 aromatic carbocycles. The molecule has 0 atom stereocenters. The molecular weight excluding hydrogens is 691 g/mol. The van der Waals surface area contributed by atoms with Crippen LogP contribution in [0.1, 0.15) is 224 Å². The molecule has 322 valence electrons. The van der Waals surface area contributed by atoms with E-state index in [1.165, 1.54) is 154 Å². The molecule has 0 fully saturated rings. The molecule has 0 heterocycles. The molecule has 8 heteroatoms. The van der Waals surface area contributed by atoms with Crippen molar-refractivity contribution in [1.82, 2.24) is 5.32 Å². The van der Waals surface area contributed by atoms with Gasteiger partial charge in [-0.25, -0.2) is 0 Å². The summed E-state index contributed by atoms with van der Waals surface area (Å²) in [6.07, 6.45) is 37.0. The Morgan fingerprint density at radius 2 is 0.727 bits per heavy atom. The number of carbonyl (C=O) groups excluding carboxylic acids is 1. The van der Waals surface area contributed by atoms with Gasteiger partial charge >= 0.3 is 0 Å². The normalized spacial score (nSPS) is 11.6. The Kier molecular flexibility index (Phi) is 33.7. The van der Waals surface area contributed by atoms with Gasteiger partial charge in [0.25, 0.3) is 5.91 Å². The zero-order valence-corrected chi connectivity index (χ0v) is 36.1. The fraction of sp³-hybridized carbons (Fsp3) is 0.851. The van der Waals surface area contributed by atoms with Gasteiger partial charge in [-0.15, -0.1) is 0 Å². The van der Waals surface area contributed by atoms with Crippen LogP contribution >= 0.6 is 0 Å². The predicted octanol–water partition coefficient (Wildman–Crippen LogP) is 12.0. The molecule has 0 unspecified atom stereocenters. The number of aliphatic hydroxyl groups excluding tert-OH is 3. The lowest BCUT2D eigenvalue weighted by molar-refractivity contribution is 0.0375. The Bertz CT molecular complexity index is 960. The standard InChI is InChI=1S/C47H87NO7/c1-4-7-10-13-16-19-22-25-28-31-34-53-43-37-42(46(52)48-47(39-49,40-50)41-51)38-44(54-35-32-29-26-23-20-17-14-11-8-5-2)45(43)55-36-33-30-27-24-21-18-15-12-9-6-3/h37-38,49-51H,4-36,39-41H2,1-3H3,(H,48,52). The highest BCUT2D eigenvalue weighted by Gasteiger charge is 2.31. The van der Waals surface area contributed by atoms with E-state index in [2.05, 4.69) is 26.1 Å². The lowest BCUT2D eigenvalue weighted by Crippen LogP contribution is -2.57. The van der Waals surface area contributed by atoms with E-state index >= 15 is 0 Å². The van der Waals surface area contributed by atoms with E-state index in [0.717, 1.165) is 38.5 Å². The largest absolute Gasteiger partial charge is 0.490 e. The minimum absolute atomic E-state index is 0.266. The number of hydrogen-bond acceptors (Lipinski definition) is 7. The molecule has 0 aromatic heterocycles. The van der Waals surface area contributed by atoms with Crippen molar-refractivity contribution < 1.29 is 34.3 Å². The van der Waals surface area contributed by atoms with Gasteiger partial charge in [-0.2, -0.15) is 0 Å². The number of benzene rings is 1. The quantitative estimate of drug-likeness (QED) is 0.0489. The van der Waals surface area contributed by atoms with E-state index in [-0.39, 0.29) is 5.56 Å². The molecule has 0 aliphatic rings. The molecule has 0 aliphatic heterocycles. The molecule has 1 rings (SSSR count). The minimum Gasteiger partial charge on any atom is -0.490 e. The maximum absolute atomic E-state index is 13.5. The van der Waals surface area contributed by atoms with Crippen molar-refractivity contribution in [2.24, 2.45) is 0 Å². The SMILES string of the molecule is CCCCCCCCCCCCOc1cc(C(=O)NC(CO)(CO)CO)cc(OCCCCCCCCCCCC)c1OCCCCCCCCCCCC. The van der Waals surface area contributed by atoms with Gasteiger partial charge in [0.15, 0.2) is 11.5 Å². The monoisotopic (exact) mass is 778 g/mol. The van der Waals surface area contributed by atoms with E-state index in [1.807, 2.05) is 0 Å². The first-order chi connectivity index (χ1) is 27.0. The Balaban J connectivity index is 2.97. The molecule has 0 spiro atoms. The molecule has 1 aromatic rings. The van der Waals surface area contributed by atoms with Gasteiger partial charge in [-0.3, -0.25) is 4.79 Å². The fourth-order valence-electron chi connectivity index (χ4n) is 6.95. The summed E-state index contributed by atoms with van der Waals surface area (Å²) in [6, 6.07) is 3.34. The van der Waals surface area contributed by atoms with Crippen molar-refractivity contribution >= 4 is 5.91 Å². The third-order valence-corrected chi connectivity index (χ3v) is 10.8. The zero-order chi connectivity index (χ0) is 40.1. The van der Waals surface area contributed by atoms with Crippen LogP contribution in [0, 0.1) is 0 Å². The van der Waals surface area contributed by atoms with Crippen molar-refractivity contribution in [2.45, 2.75) is 219 Å². The average Bonchev–Trinajstić information content (AvgIpc) is 3.20. The molecular formula is C47H87NO7. The van der Waals surface area contributed by atoms with Crippen LogP contribution in [0.4, 0.5) is 0 Å². The molecule has 1 amide bonds. The highest BCUT2D eigenvalue weighted by Crippen LogP contribution is 2.40. The van der Waals surface area contributed by atoms with E-state index < -0.39 is 31.3 Å². The number of amides is 1. The summed E-state index contributed by atoms with van der Waals surface area (Å²) in [4.78, 5) is 13.5. The van der Waals surface area contributed by atoms with Crippen molar-refractivity contribution in [3.63, 3.8) is 0 Å². The van der Waals surface area contributed by atoms with Crippen molar-refractivity contribution in [3.05, 3.63) is 17.7 Å². The predicted molar refractivity (Wildman–Crippen MR) is 230 cm³/mol. The maximum Gasteiger partial charge on any atom is 0.252 e. The van der Waals surface area contributed by atoms with Crippen LogP contribution in [0.25, 0.3) is 0 Å². The van der Waals surface area contributed by atoms with Gasteiger partial charge in [0.2, 0.25) is 5.75 Å². The van der Waals surface area contributed by atoms with Crippen LogP contribution in [0.5, 0.6) is 17.2 Å². The summed E-state index contributed by atoms with van der Waals surface area (Å²) in [5.41, 5.74) is -1.28. The second-order valence-corrected chi connectivity index (χ2v) is 16.1. The summed E-state index contributed by atoms with van der Waals surface area (Å²) in [5.74, 6) is 0.933. The Labute approximate surface area is 338 Å². The van der Waals surface area contributed by atoms with Crippen LogP contribution in [-0.2, 0) is 0 Å². The second kappa shape index (κ2) is 36.3. The summed E-state index contributed by atoms with van der Waals surface area (Å²) in [7, 11) is 0. The number of aliphatic hydroxyl groups is 3. The van der Waals surface area contributed by atoms with E-state index in [0.29, 0.717) is 37.1 Å². The van der Waals surface area contributed by atoms with Crippen LogP contribution in [0.2, 0.25) is 0 Å². The van der Waals surface area contributed by atoms with Crippen LogP contribution in [-0.4, -0.2) is 66.4 Å². The van der Waals surface area contributed by atoms with Gasteiger partial charge in [-0.05, 0) is 31.4 Å². The van der Waals surface area contributed by atoms with Gasteiger partial charge in [0.1, 0.15) is 5.54 Å². The molecule has 4 N–H and O–H groups in total. The van der Waals surface area contributed by atoms with E-state index in [4.69, 9.17) is 14.2 Å². The summed E-state index contributed by atoms with van der Waals surface area (Å²) >= 11 is 0. The fourth-order valence-corrected chi connectivity index (χ4v) is 6.95. The first-order valence-electron chi connectivity index (χ1n) is 23.2. The van der Waals surface area contributed by atoms with Crippen molar-refractivity contribution in [3.8, 4) is 17.2 Å². The molecule has 0 aliphatic carbocycles. The maximum atomic E-state index is 13.5. The molecule has 0 saturated heterocycles. The van der Waals surface area contributed by atoms with Crippen LogP contribution in [0.15, 0.2) is 12.1 Å². The highest BCUT2D eigenvalue weighted by atomic mass is 16.5. The smallest absolute Gasteiger partial charge is 0.252 e. The van der Waals surface area contributed by atoms with Crippen molar-refractivity contribution in [1.29, 1.82) is 0 Å². The number of nitrogens with one attached hydrogen (secondary N) is 1. The third-order valence-electron chi connectivity index (χ3n) is 10.8. The Morgan fingerprint density at radius 3 is 1.02 bits per heavy atom. The first-order valence-corrected chi connectivity index (χ1v) is 23.2. The number of carbonyl (C=O) groups is 1. The third kappa shape index (κ3) is 25.8. The van der Waals surface area contributed by atoms with Gasteiger partial charge in [-0.1, -0.05) is 194 Å². The number of unbranched alkanes of at least 4 members (excludes halogenated alkanes) is 27. The van der Waals surface area contributed by atoms with Gasteiger partial charge < -0.3 is 34.8 Å². The first kappa shape index (κ1) is 51.0. The lowest BCUT2D eigenvalue weighted by atomic mass is 10.0. The topological polar surface area (TPSA) is 117 Å². The summed E-state index contributed by atoms with van der Waals surface area (Å²) in [5, 5.41) is 32.3. The molecule has 0 saturated carbocycles. The van der Waals surface area contributed by atoms with Gasteiger partial charge in [0, 0.05) is 5.56 Å². The van der Waals surface area contributed by atoms with Gasteiger partial charge in [0.05, 0.1) is 39.6 Å². The lowest BCUT2D eigenvalue weighted by Gasteiger charge is -2.29. The van der Waals surface area contributed by atoms with E-state index in [9.17, 15) is 20.1 Å². The van der Waals surface area contributed by atoms with Crippen LogP contribution in [0.3, 0.4) is 0 Å². The summed E-state index contributed by atoms with van der Waals surface area (Å²) < 4.78 is 19.2. The zero-order valence-electron chi connectivity index (χ0n) is 36.1. The minimum atomic E-state index is -1.55. The summed E-state index contributed by atoms with van der Waals surface area (Å²) in [6.45, 7) is 6.50. The molecule has 0 bridgehead atoms. The Hall–Kier alpha value is -2.03. The van der Waals surface area contributed by atoms with E-state index in [1.54, 1.807) is 12.1 Å². The number of hydrogen-bond donors (Lipinski definition) is 4. The van der Waals surface area contributed by atoms with Crippen molar-refractivity contribution in [2.75, 3.05) is 39.6 Å². The number of rotatable bonds is 41. The Morgan fingerprint density at radius 1 is 0.455 bits per heavy atom. The number of ether oxygens (including phenoxy) is 3.